The Balaban J connectivity index is 1.80. The van der Waals surface area contributed by atoms with Crippen molar-refractivity contribution in [2.75, 3.05) is 13.1 Å². The van der Waals surface area contributed by atoms with Crippen molar-refractivity contribution in [1.29, 1.82) is 0 Å². The van der Waals surface area contributed by atoms with Crippen LogP contribution in [0.5, 0.6) is 0 Å². The van der Waals surface area contributed by atoms with E-state index in [9.17, 15) is 4.79 Å². The normalized spacial score (nSPS) is 18.3. The lowest BCUT2D eigenvalue weighted by Gasteiger charge is -2.37. The van der Waals surface area contributed by atoms with Crippen LogP contribution in [0.25, 0.3) is 0 Å². The van der Waals surface area contributed by atoms with Gasteiger partial charge in [0.1, 0.15) is 5.54 Å². The fraction of sp³-hybridized carbons (Fsp3) is 0.412. The zero-order valence-electron chi connectivity index (χ0n) is 13.1. The highest BCUT2D eigenvalue weighted by atomic mass is 79.9. The fourth-order valence-electron chi connectivity index (χ4n) is 3.09. The second-order valence-corrected chi connectivity index (χ2v) is 6.89. The topological polar surface area (TPSA) is 59.0 Å². The average molecular weight is 377 g/mol. The molecular weight excluding hydrogens is 356 g/mol. The first kappa shape index (κ1) is 16.2. The molecule has 122 valence electrons. The van der Waals surface area contributed by atoms with E-state index in [-0.39, 0.29) is 11.9 Å². The number of nitrogens with zero attached hydrogens (tertiary/aromatic N) is 2. The molecule has 6 heteroatoms. The number of halogens is 1. The van der Waals surface area contributed by atoms with Gasteiger partial charge in [0.2, 0.25) is 5.91 Å². The molecule has 0 radical (unpaired) electrons. The predicted molar refractivity (Wildman–Crippen MR) is 93.0 cm³/mol. The van der Waals surface area contributed by atoms with Crippen molar-refractivity contribution in [3.05, 3.63) is 52.8 Å². The summed E-state index contributed by atoms with van der Waals surface area (Å²) in [5, 5.41) is 10.8. The number of carbonyl (C=O) groups excluding carboxylic acids is 1. The summed E-state index contributed by atoms with van der Waals surface area (Å²) >= 11 is 3.44. The number of carbonyl (C=O) groups is 1. The van der Waals surface area contributed by atoms with Crippen LogP contribution < -0.4 is 10.6 Å². The summed E-state index contributed by atoms with van der Waals surface area (Å²) in [6, 6.07) is 9.86. The molecule has 0 bridgehead atoms. The monoisotopic (exact) mass is 376 g/mol. The first-order valence-corrected chi connectivity index (χ1v) is 8.68. The number of hydrogen-bond acceptors (Lipinski definition) is 3. The minimum Gasteiger partial charge on any atom is -0.347 e. The lowest BCUT2D eigenvalue weighted by molar-refractivity contribution is -0.132. The standard InChI is InChI=1S/C17H21BrN4O/c1-13(14-3-5-15(18)6-4-14)21-16(23)17(7-10-19-11-8-17)22-12-2-9-20-22/h2-6,9,12-13,19H,7-8,10-11H2,1H3,(H,21,23). The van der Waals surface area contributed by atoms with E-state index in [1.165, 1.54) is 0 Å². The van der Waals surface area contributed by atoms with Crippen LogP contribution in [0.4, 0.5) is 0 Å². The Morgan fingerprint density at radius 1 is 1.35 bits per heavy atom. The first-order chi connectivity index (χ1) is 11.1. The fourth-order valence-corrected chi connectivity index (χ4v) is 3.35. The molecule has 0 spiro atoms. The Morgan fingerprint density at radius 2 is 2.04 bits per heavy atom. The van der Waals surface area contributed by atoms with Crippen molar-refractivity contribution in [1.82, 2.24) is 20.4 Å². The molecule has 2 aromatic rings. The van der Waals surface area contributed by atoms with E-state index in [1.807, 2.05) is 48.1 Å². The van der Waals surface area contributed by atoms with E-state index in [1.54, 1.807) is 6.20 Å². The number of nitrogens with one attached hydrogen (secondary N) is 2. The van der Waals surface area contributed by atoms with Gasteiger partial charge in [-0.2, -0.15) is 5.10 Å². The minimum absolute atomic E-state index is 0.0399. The van der Waals surface area contributed by atoms with Gasteiger partial charge in [-0.1, -0.05) is 28.1 Å². The molecule has 2 heterocycles. The van der Waals surface area contributed by atoms with Crippen molar-refractivity contribution < 1.29 is 4.79 Å². The summed E-state index contributed by atoms with van der Waals surface area (Å²) in [4.78, 5) is 13.1. The molecule has 3 rings (SSSR count). The Morgan fingerprint density at radius 3 is 2.65 bits per heavy atom. The van der Waals surface area contributed by atoms with Crippen LogP contribution in [0.3, 0.4) is 0 Å². The zero-order valence-corrected chi connectivity index (χ0v) is 14.7. The van der Waals surface area contributed by atoms with E-state index < -0.39 is 5.54 Å². The Bertz CT molecular complexity index is 648. The van der Waals surface area contributed by atoms with Crippen molar-refractivity contribution >= 4 is 21.8 Å². The quantitative estimate of drug-likeness (QED) is 0.861. The van der Waals surface area contributed by atoms with Gasteiger partial charge in [-0.15, -0.1) is 0 Å². The highest BCUT2D eigenvalue weighted by molar-refractivity contribution is 9.10. The predicted octanol–water partition coefficient (Wildman–Crippen LogP) is 2.60. The van der Waals surface area contributed by atoms with Crippen LogP contribution in [0, 0.1) is 0 Å². The van der Waals surface area contributed by atoms with E-state index in [4.69, 9.17) is 0 Å². The third kappa shape index (κ3) is 3.33. The summed E-state index contributed by atoms with van der Waals surface area (Å²) in [7, 11) is 0. The molecule has 1 atom stereocenters. The summed E-state index contributed by atoms with van der Waals surface area (Å²) in [5.41, 5.74) is 0.490. The lowest BCUT2D eigenvalue weighted by Crippen LogP contribution is -2.55. The van der Waals surface area contributed by atoms with Gasteiger partial charge in [-0.25, -0.2) is 0 Å². The molecule has 1 saturated heterocycles. The number of benzene rings is 1. The molecule has 1 aliphatic heterocycles. The molecule has 1 fully saturated rings. The number of hydrogen-bond donors (Lipinski definition) is 2. The maximum absolute atomic E-state index is 13.1. The number of piperidine rings is 1. The molecule has 1 aliphatic rings. The van der Waals surface area contributed by atoms with Crippen molar-refractivity contribution in [3.63, 3.8) is 0 Å². The van der Waals surface area contributed by atoms with Gasteiger partial charge in [-0.3, -0.25) is 9.48 Å². The second kappa shape index (κ2) is 6.84. The molecule has 0 saturated carbocycles. The van der Waals surface area contributed by atoms with Crippen LogP contribution in [0.2, 0.25) is 0 Å². The van der Waals surface area contributed by atoms with Gasteiger partial charge in [-0.05, 0) is 56.6 Å². The van der Waals surface area contributed by atoms with Crippen LogP contribution in [0.15, 0.2) is 47.2 Å². The molecule has 1 aromatic heterocycles. The van der Waals surface area contributed by atoms with Crippen LogP contribution in [-0.4, -0.2) is 28.8 Å². The SMILES string of the molecule is CC(NC(=O)C1(n2cccn2)CCNCC1)c1ccc(Br)cc1. The Hall–Kier alpha value is -1.66. The first-order valence-electron chi connectivity index (χ1n) is 7.89. The van der Waals surface area contributed by atoms with Gasteiger partial charge >= 0.3 is 0 Å². The summed E-state index contributed by atoms with van der Waals surface area (Å²) in [6.45, 7) is 3.65. The zero-order chi connectivity index (χ0) is 16.3. The third-order valence-corrected chi connectivity index (χ3v) is 5.04. The van der Waals surface area contributed by atoms with Crippen molar-refractivity contribution in [2.24, 2.45) is 0 Å². The van der Waals surface area contributed by atoms with Gasteiger partial charge in [0, 0.05) is 16.9 Å². The molecule has 2 N–H and O–H groups in total. The molecule has 1 amide bonds. The van der Waals surface area contributed by atoms with E-state index in [0.29, 0.717) is 0 Å². The molecule has 5 nitrogen and oxygen atoms in total. The Kier molecular flexibility index (Phi) is 4.82. The molecule has 1 aromatic carbocycles. The largest absolute Gasteiger partial charge is 0.347 e. The maximum atomic E-state index is 13.1. The maximum Gasteiger partial charge on any atom is 0.248 e. The molecular formula is C17H21BrN4O. The average Bonchev–Trinajstić information content (AvgIpc) is 3.11. The number of aromatic nitrogens is 2. The number of rotatable bonds is 4. The minimum atomic E-state index is -0.599. The summed E-state index contributed by atoms with van der Waals surface area (Å²) < 4.78 is 2.85. The van der Waals surface area contributed by atoms with Gasteiger partial charge in [0.05, 0.1) is 6.04 Å². The molecule has 1 unspecified atom stereocenters. The van der Waals surface area contributed by atoms with Crippen LogP contribution in [-0.2, 0) is 10.3 Å². The van der Waals surface area contributed by atoms with Crippen molar-refractivity contribution in [3.8, 4) is 0 Å². The van der Waals surface area contributed by atoms with E-state index in [0.717, 1.165) is 36.0 Å². The molecule has 0 aliphatic carbocycles. The van der Waals surface area contributed by atoms with E-state index in [2.05, 4.69) is 31.7 Å². The van der Waals surface area contributed by atoms with Gasteiger partial charge in [0.25, 0.3) is 0 Å². The summed E-state index contributed by atoms with van der Waals surface area (Å²) in [5.74, 6) is 0.0399. The van der Waals surface area contributed by atoms with Crippen LogP contribution in [0.1, 0.15) is 31.4 Å². The van der Waals surface area contributed by atoms with Gasteiger partial charge in [0.15, 0.2) is 0 Å². The summed E-state index contributed by atoms with van der Waals surface area (Å²) in [6.07, 6.45) is 5.10. The molecule has 23 heavy (non-hydrogen) atoms. The lowest BCUT2D eigenvalue weighted by atomic mass is 9.87. The Labute approximate surface area is 144 Å². The van der Waals surface area contributed by atoms with Gasteiger partial charge < -0.3 is 10.6 Å². The smallest absolute Gasteiger partial charge is 0.248 e. The van der Waals surface area contributed by atoms with Crippen LogP contribution >= 0.6 is 15.9 Å². The number of amides is 1. The highest BCUT2D eigenvalue weighted by Gasteiger charge is 2.42. The second-order valence-electron chi connectivity index (χ2n) is 5.98. The third-order valence-electron chi connectivity index (χ3n) is 4.51. The highest BCUT2D eigenvalue weighted by Crippen LogP contribution is 2.28. The van der Waals surface area contributed by atoms with Crippen molar-refractivity contribution in [2.45, 2.75) is 31.3 Å². The van der Waals surface area contributed by atoms with E-state index >= 15 is 0 Å².